The second-order valence-corrected chi connectivity index (χ2v) is 4.87. The molecule has 0 bridgehead atoms. The summed E-state index contributed by atoms with van der Waals surface area (Å²) < 4.78 is 1.85. The maximum atomic E-state index is 12.3. The molecular formula is C16H16N4O. The summed E-state index contributed by atoms with van der Waals surface area (Å²) in [4.78, 5) is 21.0. The number of nitrogens with zero attached hydrogens (tertiary/aromatic N) is 3. The number of fused-ring (bicyclic) bond motifs is 1. The van der Waals surface area contributed by atoms with Crippen LogP contribution < -0.4 is 5.32 Å². The minimum absolute atomic E-state index is 0.251. The Morgan fingerprint density at radius 1 is 1.24 bits per heavy atom. The second-order valence-electron chi connectivity index (χ2n) is 4.87. The number of rotatable bonds is 3. The Kier molecular flexibility index (Phi) is 3.39. The van der Waals surface area contributed by atoms with E-state index in [9.17, 15) is 4.79 Å². The van der Waals surface area contributed by atoms with E-state index in [4.69, 9.17) is 0 Å². The fourth-order valence-electron chi connectivity index (χ4n) is 2.19. The number of anilines is 1. The lowest BCUT2D eigenvalue weighted by Gasteiger charge is -2.03. The molecule has 5 nitrogen and oxygen atoms in total. The molecule has 0 fully saturated rings. The number of aromatic nitrogens is 3. The summed E-state index contributed by atoms with van der Waals surface area (Å²) in [6.07, 6.45) is 4.43. The van der Waals surface area contributed by atoms with Crippen molar-refractivity contribution in [1.82, 2.24) is 14.4 Å². The van der Waals surface area contributed by atoms with Gasteiger partial charge in [-0.2, -0.15) is 0 Å². The van der Waals surface area contributed by atoms with Crippen LogP contribution in [0.2, 0.25) is 0 Å². The standard InChI is InChI=1S/C16H16N4O/c1-3-12-7-4-8-14(17-12)19-16(21)13-10-20-9-5-6-11(2)15(20)18-13/h4-10H,3H2,1-2H3,(H,17,19,21). The van der Waals surface area contributed by atoms with Crippen molar-refractivity contribution in [2.45, 2.75) is 20.3 Å². The van der Waals surface area contributed by atoms with Gasteiger partial charge in [0.2, 0.25) is 0 Å². The molecule has 3 aromatic rings. The maximum absolute atomic E-state index is 12.3. The highest BCUT2D eigenvalue weighted by Crippen LogP contribution is 2.12. The van der Waals surface area contributed by atoms with E-state index >= 15 is 0 Å². The van der Waals surface area contributed by atoms with Crippen molar-refractivity contribution in [2.24, 2.45) is 0 Å². The summed E-state index contributed by atoms with van der Waals surface area (Å²) in [5.41, 5.74) is 3.15. The van der Waals surface area contributed by atoms with E-state index in [0.29, 0.717) is 11.5 Å². The molecule has 0 saturated carbocycles. The van der Waals surface area contributed by atoms with Crippen molar-refractivity contribution in [3.8, 4) is 0 Å². The zero-order chi connectivity index (χ0) is 14.8. The Balaban J connectivity index is 1.88. The molecule has 0 unspecified atom stereocenters. The van der Waals surface area contributed by atoms with Crippen LogP contribution in [0.3, 0.4) is 0 Å². The average Bonchev–Trinajstić information content (AvgIpc) is 2.93. The van der Waals surface area contributed by atoms with Crippen LogP contribution in [-0.2, 0) is 6.42 Å². The molecule has 0 aliphatic rings. The third kappa shape index (κ3) is 2.63. The monoisotopic (exact) mass is 280 g/mol. The van der Waals surface area contributed by atoms with Gasteiger partial charge in [-0.25, -0.2) is 9.97 Å². The van der Waals surface area contributed by atoms with Gasteiger partial charge >= 0.3 is 0 Å². The lowest BCUT2D eigenvalue weighted by molar-refractivity contribution is 0.102. The van der Waals surface area contributed by atoms with Crippen molar-refractivity contribution < 1.29 is 4.79 Å². The van der Waals surface area contributed by atoms with Crippen molar-refractivity contribution in [2.75, 3.05) is 5.32 Å². The summed E-state index contributed by atoms with van der Waals surface area (Å²) >= 11 is 0. The van der Waals surface area contributed by atoms with E-state index in [2.05, 4.69) is 15.3 Å². The molecule has 0 radical (unpaired) electrons. The number of aryl methyl sites for hydroxylation is 2. The van der Waals surface area contributed by atoms with Crippen LogP contribution in [0.5, 0.6) is 0 Å². The highest BCUT2D eigenvalue weighted by Gasteiger charge is 2.12. The first-order valence-corrected chi connectivity index (χ1v) is 6.89. The molecule has 0 aliphatic carbocycles. The number of amides is 1. The maximum Gasteiger partial charge on any atom is 0.277 e. The fourth-order valence-corrected chi connectivity index (χ4v) is 2.19. The van der Waals surface area contributed by atoms with Gasteiger partial charge < -0.3 is 9.72 Å². The summed E-state index contributed by atoms with van der Waals surface area (Å²) in [6, 6.07) is 9.49. The SMILES string of the molecule is CCc1cccc(NC(=O)c2cn3cccc(C)c3n2)n1. The Labute approximate surface area is 122 Å². The molecule has 1 amide bonds. The highest BCUT2D eigenvalue weighted by atomic mass is 16.2. The first-order chi connectivity index (χ1) is 10.2. The molecule has 0 saturated heterocycles. The molecule has 0 aromatic carbocycles. The van der Waals surface area contributed by atoms with Gasteiger partial charge in [-0.05, 0) is 37.1 Å². The summed E-state index contributed by atoms with van der Waals surface area (Å²) in [5.74, 6) is 0.298. The molecular weight excluding hydrogens is 264 g/mol. The van der Waals surface area contributed by atoms with Crippen LogP contribution in [0.25, 0.3) is 5.65 Å². The van der Waals surface area contributed by atoms with Gasteiger partial charge in [0, 0.05) is 18.1 Å². The quantitative estimate of drug-likeness (QED) is 0.802. The van der Waals surface area contributed by atoms with Crippen molar-refractivity contribution in [3.63, 3.8) is 0 Å². The number of carbonyl (C=O) groups is 1. The lowest BCUT2D eigenvalue weighted by Crippen LogP contribution is -2.13. The molecule has 21 heavy (non-hydrogen) atoms. The largest absolute Gasteiger partial charge is 0.306 e. The second kappa shape index (κ2) is 5.36. The first-order valence-electron chi connectivity index (χ1n) is 6.89. The number of hydrogen-bond acceptors (Lipinski definition) is 3. The third-order valence-electron chi connectivity index (χ3n) is 3.32. The number of pyridine rings is 2. The van der Waals surface area contributed by atoms with E-state index < -0.39 is 0 Å². The minimum atomic E-state index is -0.251. The van der Waals surface area contributed by atoms with Gasteiger partial charge in [0.05, 0.1) is 0 Å². The highest BCUT2D eigenvalue weighted by molar-refractivity contribution is 6.02. The van der Waals surface area contributed by atoms with Crippen LogP contribution >= 0.6 is 0 Å². The van der Waals surface area contributed by atoms with Gasteiger partial charge in [0.1, 0.15) is 17.2 Å². The minimum Gasteiger partial charge on any atom is -0.306 e. The van der Waals surface area contributed by atoms with Crippen LogP contribution in [0.1, 0.15) is 28.7 Å². The zero-order valence-electron chi connectivity index (χ0n) is 12.0. The molecule has 1 N–H and O–H groups in total. The number of hydrogen-bond donors (Lipinski definition) is 1. The Bertz CT molecular complexity index is 807. The molecule has 106 valence electrons. The normalized spacial score (nSPS) is 10.8. The number of imidazole rings is 1. The topological polar surface area (TPSA) is 59.3 Å². The molecule has 3 rings (SSSR count). The van der Waals surface area contributed by atoms with Crippen molar-refractivity contribution >= 4 is 17.4 Å². The van der Waals surface area contributed by atoms with E-state index in [1.165, 1.54) is 0 Å². The van der Waals surface area contributed by atoms with Gasteiger partial charge in [-0.3, -0.25) is 4.79 Å². The Hall–Kier alpha value is -2.69. The predicted molar refractivity (Wildman–Crippen MR) is 81.5 cm³/mol. The van der Waals surface area contributed by atoms with Crippen LogP contribution in [-0.4, -0.2) is 20.3 Å². The smallest absolute Gasteiger partial charge is 0.277 e. The van der Waals surface area contributed by atoms with Gasteiger partial charge in [-0.1, -0.05) is 19.1 Å². The number of nitrogens with one attached hydrogen (secondary N) is 1. The van der Waals surface area contributed by atoms with Gasteiger partial charge in [-0.15, -0.1) is 0 Å². The van der Waals surface area contributed by atoms with Crippen molar-refractivity contribution in [3.05, 3.63) is 59.7 Å². The fraction of sp³-hybridized carbons (Fsp3) is 0.188. The average molecular weight is 280 g/mol. The lowest BCUT2D eigenvalue weighted by atomic mass is 10.3. The third-order valence-corrected chi connectivity index (χ3v) is 3.32. The van der Waals surface area contributed by atoms with Gasteiger partial charge in [0.25, 0.3) is 5.91 Å². The van der Waals surface area contributed by atoms with Crippen LogP contribution in [0.15, 0.2) is 42.7 Å². The molecule has 3 aromatic heterocycles. The first kappa shape index (κ1) is 13.3. The van der Waals surface area contributed by atoms with E-state index in [0.717, 1.165) is 23.3 Å². The van der Waals surface area contributed by atoms with E-state index in [-0.39, 0.29) is 5.91 Å². The van der Waals surface area contributed by atoms with E-state index in [1.807, 2.05) is 48.7 Å². The molecule has 0 spiro atoms. The Morgan fingerprint density at radius 2 is 2.10 bits per heavy atom. The number of carbonyl (C=O) groups excluding carboxylic acids is 1. The van der Waals surface area contributed by atoms with Crippen LogP contribution in [0, 0.1) is 6.92 Å². The zero-order valence-corrected chi connectivity index (χ0v) is 12.0. The Morgan fingerprint density at radius 3 is 2.86 bits per heavy atom. The van der Waals surface area contributed by atoms with E-state index in [1.54, 1.807) is 12.3 Å². The van der Waals surface area contributed by atoms with Crippen LogP contribution in [0.4, 0.5) is 5.82 Å². The predicted octanol–water partition coefficient (Wildman–Crippen LogP) is 2.85. The van der Waals surface area contributed by atoms with Crippen molar-refractivity contribution in [1.29, 1.82) is 0 Å². The summed E-state index contributed by atoms with van der Waals surface area (Å²) in [5, 5.41) is 2.79. The summed E-state index contributed by atoms with van der Waals surface area (Å²) in [6.45, 7) is 4.00. The molecule has 0 atom stereocenters. The molecule has 0 aliphatic heterocycles. The van der Waals surface area contributed by atoms with Gasteiger partial charge in [0.15, 0.2) is 0 Å². The summed E-state index contributed by atoms with van der Waals surface area (Å²) in [7, 11) is 0. The molecule has 5 heteroatoms. The molecule has 3 heterocycles.